The molecule has 1 saturated heterocycles. The molecular weight excluding hydrogens is 636 g/mol. The molecular formula is C37H56O12. The van der Waals surface area contributed by atoms with Crippen LogP contribution in [-0.4, -0.2) is 95.0 Å². The SMILES string of the molecule is CC[C@H]1O[C@@](O)([C@@H](C)[C@H](O)[C@H](C)[C@@H]2OC(=O)/C(OC)=C\C(C)=C/[C@@H](C)[C@@H](O)CC/C(C)=C/C=C/[C@H]2OC)C[C@@H](OC(=O)/C=C/C(=O)O)[C@@H]1C. The second-order valence-electron chi connectivity index (χ2n) is 13.3. The number of aliphatic hydroxyl groups excluding tert-OH is 2. The van der Waals surface area contributed by atoms with Gasteiger partial charge in [-0.2, -0.15) is 0 Å². The van der Waals surface area contributed by atoms with Crippen molar-refractivity contribution in [1.82, 2.24) is 0 Å². The molecule has 1 fully saturated rings. The van der Waals surface area contributed by atoms with Crippen molar-refractivity contribution in [3.63, 3.8) is 0 Å². The molecule has 12 nitrogen and oxygen atoms in total. The first-order valence-electron chi connectivity index (χ1n) is 16.9. The van der Waals surface area contributed by atoms with Crippen LogP contribution in [0.5, 0.6) is 0 Å². The standard InChI is InChI=1S/C37H56O12/c1-10-28-24(5)31(47-33(41)17-16-32(39)40)20-37(44,49-28)26(7)34(42)25(6)35-29(45-8)13-11-12-21(2)14-15-27(38)23(4)18-22(3)19-30(46-9)36(43)48-35/h11-13,16-19,23-29,31,34-35,38,42,44H,10,14-15,20H2,1-9H3,(H,39,40)/b13-11+,17-16+,21-12+,22-18-,30-19+/t23-,24-,25+,26+,27+,28-,29-,31-,34-,35+,37-/m1/s1. The number of rotatable bonds is 10. The Kier molecular flexibility index (Phi) is 16.4. The van der Waals surface area contributed by atoms with Gasteiger partial charge in [0.1, 0.15) is 18.3 Å². The Morgan fingerprint density at radius 3 is 2.43 bits per heavy atom. The van der Waals surface area contributed by atoms with Crippen LogP contribution < -0.4 is 0 Å². The predicted molar refractivity (Wildman–Crippen MR) is 182 cm³/mol. The van der Waals surface area contributed by atoms with Crippen molar-refractivity contribution in [2.45, 2.75) is 117 Å². The van der Waals surface area contributed by atoms with Crippen LogP contribution >= 0.6 is 0 Å². The van der Waals surface area contributed by atoms with Crippen molar-refractivity contribution < 1.29 is 58.5 Å². The zero-order chi connectivity index (χ0) is 37.1. The molecule has 2 rings (SSSR count). The Morgan fingerprint density at radius 1 is 1.16 bits per heavy atom. The van der Waals surface area contributed by atoms with E-state index >= 15 is 0 Å². The van der Waals surface area contributed by atoms with Gasteiger partial charge in [-0.3, -0.25) is 0 Å². The number of allylic oxidation sites excluding steroid dienone is 5. The van der Waals surface area contributed by atoms with Gasteiger partial charge in [-0.15, -0.1) is 0 Å². The fourth-order valence-corrected chi connectivity index (χ4v) is 6.28. The molecule has 0 bridgehead atoms. The second kappa shape index (κ2) is 19.2. The molecule has 0 aromatic heterocycles. The molecule has 0 aliphatic carbocycles. The molecule has 0 amide bonds. The van der Waals surface area contributed by atoms with Crippen LogP contribution in [0.1, 0.15) is 74.1 Å². The first kappa shape index (κ1) is 41.9. The van der Waals surface area contributed by atoms with Crippen molar-refractivity contribution in [2.75, 3.05) is 14.2 Å². The molecule has 0 spiro atoms. The number of hydrogen-bond donors (Lipinski definition) is 4. The van der Waals surface area contributed by atoms with Crippen LogP contribution in [0, 0.1) is 23.7 Å². The van der Waals surface area contributed by atoms with E-state index in [4.69, 9.17) is 28.8 Å². The zero-order valence-corrected chi connectivity index (χ0v) is 30.2. The highest BCUT2D eigenvalue weighted by Gasteiger charge is 2.52. The normalized spacial score (nSPS) is 36.4. The highest BCUT2D eigenvalue weighted by Crippen LogP contribution is 2.41. The molecule has 0 radical (unpaired) electrons. The highest BCUT2D eigenvalue weighted by atomic mass is 16.6. The Bertz CT molecular complexity index is 1280. The van der Waals surface area contributed by atoms with Gasteiger partial charge in [0.25, 0.3) is 0 Å². The van der Waals surface area contributed by atoms with Gasteiger partial charge < -0.3 is 44.1 Å². The van der Waals surface area contributed by atoms with E-state index in [2.05, 4.69) is 0 Å². The number of carbonyl (C=O) groups is 3. The van der Waals surface area contributed by atoms with Gasteiger partial charge >= 0.3 is 17.9 Å². The summed E-state index contributed by atoms with van der Waals surface area (Å²) >= 11 is 0. The number of aliphatic carboxylic acids is 1. The van der Waals surface area contributed by atoms with Crippen molar-refractivity contribution in [1.29, 1.82) is 0 Å². The summed E-state index contributed by atoms with van der Waals surface area (Å²) in [5.74, 6) is -7.40. The van der Waals surface area contributed by atoms with Gasteiger partial charge in [0.15, 0.2) is 5.79 Å². The van der Waals surface area contributed by atoms with Gasteiger partial charge in [0, 0.05) is 49.4 Å². The third-order valence-corrected chi connectivity index (χ3v) is 9.60. The van der Waals surface area contributed by atoms with Gasteiger partial charge in [-0.1, -0.05) is 70.1 Å². The summed E-state index contributed by atoms with van der Waals surface area (Å²) in [6.07, 6.45) is 6.47. The minimum Gasteiger partial charge on any atom is -0.490 e. The van der Waals surface area contributed by atoms with Crippen LogP contribution in [0.3, 0.4) is 0 Å². The minimum atomic E-state index is -1.97. The van der Waals surface area contributed by atoms with Gasteiger partial charge in [0.05, 0.1) is 25.4 Å². The number of hydrogen-bond acceptors (Lipinski definition) is 11. The summed E-state index contributed by atoms with van der Waals surface area (Å²) in [6, 6.07) is 0. The number of ether oxygens (including phenoxy) is 5. The van der Waals surface area contributed by atoms with Crippen LogP contribution in [0.2, 0.25) is 0 Å². The van der Waals surface area contributed by atoms with E-state index in [-0.39, 0.29) is 24.0 Å². The lowest BCUT2D eigenvalue weighted by Gasteiger charge is -2.49. The Morgan fingerprint density at radius 2 is 1.84 bits per heavy atom. The van der Waals surface area contributed by atoms with E-state index < -0.39 is 72.2 Å². The van der Waals surface area contributed by atoms with E-state index in [9.17, 15) is 29.7 Å². The van der Waals surface area contributed by atoms with E-state index in [0.717, 1.165) is 11.6 Å². The minimum absolute atomic E-state index is 0.0903. The second-order valence-corrected chi connectivity index (χ2v) is 13.3. The number of carboxylic acids is 1. The number of methoxy groups -OCH3 is 2. The van der Waals surface area contributed by atoms with Crippen LogP contribution in [0.25, 0.3) is 0 Å². The number of cyclic esters (lactones) is 1. The Hall–Kier alpha value is -3.29. The molecule has 2 aliphatic heterocycles. The van der Waals surface area contributed by atoms with E-state index in [1.165, 1.54) is 20.3 Å². The topological polar surface area (TPSA) is 178 Å². The average Bonchev–Trinajstić information content (AvgIpc) is 3.05. The monoisotopic (exact) mass is 692 g/mol. The van der Waals surface area contributed by atoms with Crippen LogP contribution in [0.4, 0.5) is 0 Å². The van der Waals surface area contributed by atoms with Crippen LogP contribution in [-0.2, 0) is 38.1 Å². The van der Waals surface area contributed by atoms with E-state index in [0.29, 0.717) is 30.9 Å². The molecule has 11 atom stereocenters. The maximum atomic E-state index is 13.5. The lowest BCUT2D eigenvalue weighted by Crippen LogP contribution is -2.58. The van der Waals surface area contributed by atoms with Crippen molar-refractivity contribution >= 4 is 17.9 Å². The molecule has 0 unspecified atom stereocenters. The number of carbonyl (C=O) groups excluding carboxylic acids is 2. The summed E-state index contributed by atoms with van der Waals surface area (Å²) in [5, 5.41) is 43.3. The summed E-state index contributed by atoms with van der Waals surface area (Å²) in [6.45, 7) is 12.6. The third-order valence-electron chi connectivity index (χ3n) is 9.60. The third kappa shape index (κ3) is 11.9. The average molecular weight is 693 g/mol. The summed E-state index contributed by atoms with van der Waals surface area (Å²) in [5.41, 5.74) is 1.71. The summed E-state index contributed by atoms with van der Waals surface area (Å²) in [7, 11) is 2.79. The quantitative estimate of drug-likeness (QED) is 0.188. The number of aliphatic hydroxyl groups is 3. The van der Waals surface area contributed by atoms with Crippen molar-refractivity contribution in [3.8, 4) is 0 Å². The Balaban J connectivity index is 2.49. The van der Waals surface area contributed by atoms with Gasteiger partial charge in [0.2, 0.25) is 5.76 Å². The lowest BCUT2D eigenvalue weighted by atomic mass is 9.77. The van der Waals surface area contributed by atoms with Gasteiger partial charge in [-0.05, 0) is 39.2 Å². The number of esters is 2. The fourth-order valence-electron chi connectivity index (χ4n) is 6.28. The number of carboxylic acid groups (broad SMARTS) is 1. The molecule has 2 heterocycles. The smallest absolute Gasteiger partial charge is 0.373 e. The van der Waals surface area contributed by atoms with Crippen LogP contribution in [0.15, 0.2) is 59.4 Å². The summed E-state index contributed by atoms with van der Waals surface area (Å²) in [4.78, 5) is 36.8. The van der Waals surface area contributed by atoms with Gasteiger partial charge in [-0.25, -0.2) is 14.4 Å². The first-order chi connectivity index (χ1) is 23.0. The maximum absolute atomic E-state index is 13.5. The van der Waals surface area contributed by atoms with E-state index in [1.54, 1.807) is 39.8 Å². The first-order valence-corrected chi connectivity index (χ1v) is 16.9. The Labute approximate surface area is 290 Å². The fraction of sp³-hybridized carbons (Fsp3) is 0.649. The molecule has 0 aromatic carbocycles. The molecule has 49 heavy (non-hydrogen) atoms. The van der Waals surface area contributed by atoms with Crippen molar-refractivity contribution in [2.24, 2.45) is 23.7 Å². The predicted octanol–water partition coefficient (Wildman–Crippen LogP) is 4.39. The lowest BCUT2D eigenvalue weighted by molar-refractivity contribution is -0.323. The zero-order valence-electron chi connectivity index (χ0n) is 30.2. The van der Waals surface area contributed by atoms with Crippen molar-refractivity contribution in [3.05, 3.63) is 59.4 Å². The highest BCUT2D eigenvalue weighted by molar-refractivity contribution is 5.90. The molecule has 0 aromatic rings. The molecule has 4 N–H and O–H groups in total. The molecule has 276 valence electrons. The van der Waals surface area contributed by atoms with E-state index in [1.807, 2.05) is 32.9 Å². The summed E-state index contributed by atoms with van der Waals surface area (Å²) < 4.78 is 28.9. The molecule has 0 saturated carbocycles. The molecule has 12 heteroatoms. The maximum Gasteiger partial charge on any atom is 0.373 e. The largest absolute Gasteiger partial charge is 0.490 e. The molecule has 2 aliphatic rings.